The number of amides is 1. The molecule has 0 aliphatic heterocycles. The molecule has 2 rings (SSSR count). The summed E-state index contributed by atoms with van der Waals surface area (Å²) in [7, 11) is 0. The average Bonchev–Trinajstić information content (AvgIpc) is 2.80. The van der Waals surface area contributed by atoms with Crippen molar-refractivity contribution in [1.82, 2.24) is 15.0 Å². The van der Waals surface area contributed by atoms with Crippen LogP contribution in [-0.2, 0) is 11.3 Å². The number of rotatable bonds is 4. The highest BCUT2D eigenvalue weighted by Crippen LogP contribution is 2.12. The number of aromatic nitrogens is 3. The first kappa shape index (κ1) is 13.2. The molecule has 0 aliphatic carbocycles. The van der Waals surface area contributed by atoms with Gasteiger partial charge in [-0.3, -0.25) is 4.79 Å². The number of anilines is 1. The van der Waals surface area contributed by atoms with Crippen molar-refractivity contribution >= 4 is 11.6 Å². The van der Waals surface area contributed by atoms with E-state index in [9.17, 15) is 14.3 Å². The largest absolute Gasteiger partial charge is 0.387 e. The molecule has 0 saturated heterocycles. The molecule has 0 bridgehead atoms. The summed E-state index contributed by atoms with van der Waals surface area (Å²) in [5, 5.41) is 19.1. The van der Waals surface area contributed by atoms with Gasteiger partial charge in [0.25, 0.3) is 0 Å². The third-order valence-corrected chi connectivity index (χ3v) is 2.44. The number of hydrogen-bond acceptors (Lipinski definition) is 4. The van der Waals surface area contributed by atoms with E-state index in [1.165, 1.54) is 29.1 Å². The van der Waals surface area contributed by atoms with E-state index in [-0.39, 0.29) is 12.2 Å². The molecule has 6 nitrogen and oxygen atoms in total. The van der Waals surface area contributed by atoms with Crippen LogP contribution in [0.15, 0.2) is 30.5 Å². The van der Waals surface area contributed by atoms with Gasteiger partial charge >= 0.3 is 0 Å². The third-order valence-electron chi connectivity index (χ3n) is 2.44. The molecule has 0 spiro atoms. The van der Waals surface area contributed by atoms with Crippen molar-refractivity contribution in [3.63, 3.8) is 0 Å². The Balaban J connectivity index is 1.99. The van der Waals surface area contributed by atoms with Gasteiger partial charge in [0.1, 0.15) is 18.1 Å². The van der Waals surface area contributed by atoms with Crippen molar-refractivity contribution in [2.75, 3.05) is 5.32 Å². The van der Waals surface area contributed by atoms with E-state index in [0.717, 1.165) is 0 Å². The number of nitrogens with one attached hydrogen (secondary N) is 1. The number of aliphatic hydroxyl groups excluding tert-OH is 1. The Morgan fingerprint density at radius 1 is 1.53 bits per heavy atom. The smallest absolute Gasteiger partial charge is 0.246 e. The van der Waals surface area contributed by atoms with E-state index in [4.69, 9.17) is 0 Å². The molecule has 19 heavy (non-hydrogen) atoms. The molecular formula is C12H13FN4O2. The van der Waals surface area contributed by atoms with Crippen LogP contribution in [0, 0.1) is 5.82 Å². The molecule has 0 saturated carbocycles. The average molecular weight is 264 g/mol. The molecule has 0 aliphatic rings. The lowest BCUT2D eigenvalue weighted by atomic mass is 10.3. The van der Waals surface area contributed by atoms with Gasteiger partial charge in [-0.2, -0.15) is 0 Å². The van der Waals surface area contributed by atoms with Crippen LogP contribution in [0.1, 0.15) is 18.7 Å². The monoisotopic (exact) mass is 264 g/mol. The standard InChI is InChI=1S/C12H13FN4O2/c1-8(18)11-6-17(16-15-11)7-12(19)14-10-5-3-2-4-9(10)13/h2-6,8,18H,7H2,1H3,(H,14,19). The quantitative estimate of drug-likeness (QED) is 0.866. The van der Waals surface area contributed by atoms with E-state index in [0.29, 0.717) is 5.69 Å². The van der Waals surface area contributed by atoms with Crippen molar-refractivity contribution in [2.24, 2.45) is 0 Å². The summed E-state index contributed by atoms with van der Waals surface area (Å²) in [5.74, 6) is -0.925. The molecule has 1 unspecified atom stereocenters. The lowest BCUT2D eigenvalue weighted by Gasteiger charge is -2.05. The summed E-state index contributed by atoms with van der Waals surface area (Å²) in [5.41, 5.74) is 0.488. The molecule has 1 aromatic carbocycles. The molecule has 1 heterocycles. The van der Waals surface area contributed by atoms with Gasteiger partial charge in [-0.15, -0.1) is 5.10 Å². The summed E-state index contributed by atoms with van der Waals surface area (Å²) in [6, 6.07) is 5.89. The van der Waals surface area contributed by atoms with E-state index in [2.05, 4.69) is 15.6 Å². The van der Waals surface area contributed by atoms with Crippen molar-refractivity contribution in [1.29, 1.82) is 0 Å². The zero-order chi connectivity index (χ0) is 13.8. The number of halogens is 1. The molecule has 100 valence electrons. The molecule has 0 fully saturated rings. The minimum atomic E-state index is -0.747. The van der Waals surface area contributed by atoms with Crippen LogP contribution in [-0.4, -0.2) is 26.0 Å². The zero-order valence-corrected chi connectivity index (χ0v) is 10.2. The Morgan fingerprint density at radius 3 is 2.89 bits per heavy atom. The van der Waals surface area contributed by atoms with E-state index >= 15 is 0 Å². The SMILES string of the molecule is CC(O)c1cn(CC(=O)Nc2ccccc2F)nn1. The van der Waals surface area contributed by atoms with E-state index in [1.807, 2.05) is 0 Å². The van der Waals surface area contributed by atoms with Gasteiger partial charge in [0.15, 0.2) is 0 Å². The van der Waals surface area contributed by atoms with Crippen LogP contribution in [0.25, 0.3) is 0 Å². The van der Waals surface area contributed by atoms with Gasteiger partial charge in [0, 0.05) is 0 Å². The molecule has 1 aromatic heterocycles. The number of benzene rings is 1. The number of para-hydroxylation sites is 1. The van der Waals surface area contributed by atoms with Gasteiger partial charge in [-0.25, -0.2) is 9.07 Å². The van der Waals surface area contributed by atoms with Gasteiger partial charge in [0.2, 0.25) is 5.91 Å². The molecule has 1 atom stereocenters. The maximum absolute atomic E-state index is 13.3. The summed E-state index contributed by atoms with van der Waals surface area (Å²) in [4.78, 5) is 11.7. The molecule has 1 amide bonds. The van der Waals surface area contributed by atoms with Gasteiger partial charge in [-0.1, -0.05) is 17.3 Å². The fraction of sp³-hybridized carbons (Fsp3) is 0.250. The molecular weight excluding hydrogens is 251 g/mol. The highest BCUT2D eigenvalue weighted by molar-refractivity contribution is 5.90. The molecule has 0 radical (unpaired) electrons. The lowest BCUT2D eigenvalue weighted by Crippen LogP contribution is -2.19. The fourth-order valence-electron chi connectivity index (χ4n) is 1.48. The van der Waals surface area contributed by atoms with Crippen LogP contribution < -0.4 is 5.32 Å². The normalized spacial score (nSPS) is 12.2. The molecule has 2 aromatic rings. The Labute approximate surface area is 108 Å². The van der Waals surface area contributed by atoms with Crippen LogP contribution in [0.3, 0.4) is 0 Å². The van der Waals surface area contributed by atoms with Crippen molar-refractivity contribution in [3.8, 4) is 0 Å². The number of hydrogen-bond donors (Lipinski definition) is 2. The van der Waals surface area contributed by atoms with Crippen molar-refractivity contribution in [2.45, 2.75) is 19.6 Å². The highest BCUT2D eigenvalue weighted by Gasteiger charge is 2.10. The van der Waals surface area contributed by atoms with Crippen molar-refractivity contribution in [3.05, 3.63) is 42.0 Å². The Kier molecular flexibility index (Phi) is 3.86. The van der Waals surface area contributed by atoms with Crippen molar-refractivity contribution < 1.29 is 14.3 Å². The second-order valence-electron chi connectivity index (χ2n) is 4.04. The van der Waals surface area contributed by atoms with Gasteiger partial charge < -0.3 is 10.4 Å². The minimum Gasteiger partial charge on any atom is -0.387 e. The van der Waals surface area contributed by atoms with Crippen LogP contribution in [0.2, 0.25) is 0 Å². The maximum Gasteiger partial charge on any atom is 0.246 e. The van der Waals surface area contributed by atoms with E-state index in [1.54, 1.807) is 13.0 Å². The summed E-state index contributed by atoms with van der Waals surface area (Å²) in [6.07, 6.45) is 0.717. The second-order valence-corrected chi connectivity index (χ2v) is 4.04. The van der Waals surface area contributed by atoms with Gasteiger partial charge in [-0.05, 0) is 19.1 Å². The number of carbonyl (C=O) groups excluding carboxylic acids is 1. The second kappa shape index (κ2) is 5.57. The van der Waals surface area contributed by atoms with Gasteiger partial charge in [0.05, 0.1) is 18.0 Å². The van der Waals surface area contributed by atoms with Crippen LogP contribution in [0.4, 0.5) is 10.1 Å². The number of nitrogens with zero attached hydrogens (tertiary/aromatic N) is 3. The Bertz CT molecular complexity index is 583. The topological polar surface area (TPSA) is 80.0 Å². The predicted octanol–water partition coefficient (Wildman–Crippen LogP) is 1.11. The lowest BCUT2D eigenvalue weighted by molar-refractivity contribution is -0.117. The van der Waals surface area contributed by atoms with E-state index < -0.39 is 17.8 Å². The van der Waals surface area contributed by atoms with Crippen LogP contribution in [0.5, 0.6) is 0 Å². The first-order chi connectivity index (χ1) is 9.06. The Morgan fingerprint density at radius 2 is 2.26 bits per heavy atom. The summed E-state index contributed by atoms with van der Waals surface area (Å²) in [6.45, 7) is 1.45. The highest BCUT2D eigenvalue weighted by atomic mass is 19.1. The first-order valence-corrected chi connectivity index (χ1v) is 5.68. The zero-order valence-electron chi connectivity index (χ0n) is 10.2. The number of aliphatic hydroxyl groups is 1. The predicted molar refractivity (Wildman–Crippen MR) is 65.7 cm³/mol. The first-order valence-electron chi connectivity index (χ1n) is 5.68. The fourth-order valence-corrected chi connectivity index (χ4v) is 1.48. The number of carbonyl (C=O) groups is 1. The molecule has 7 heteroatoms. The molecule has 2 N–H and O–H groups in total. The summed E-state index contributed by atoms with van der Waals surface area (Å²) >= 11 is 0. The minimum absolute atomic E-state index is 0.103. The van der Waals surface area contributed by atoms with Crippen LogP contribution >= 0.6 is 0 Å². The third kappa shape index (κ3) is 3.35. The summed E-state index contributed by atoms with van der Waals surface area (Å²) < 4.78 is 14.6. The maximum atomic E-state index is 13.3. The Hall–Kier alpha value is -2.28.